The molecule has 0 saturated carbocycles. The molecule has 0 atom stereocenters. The monoisotopic (exact) mass is 152 g/mol. The van der Waals surface area contributed by atoms with E-state index in [2.05, 4.69) is 10.5 Å². The third kappa shape index (κ3) is 2.66. The lowest BCUT2D eigenvalue weighted by atomic mass is 10.4. The van der Waals surface area contributed by atoms with E-state index < -0.39 is 0 Å². The highest BCUT2D eigenvalue weighted by atomic mass is 16.5. The van der Waals surface area contributed by atoms with Gasteiger partial charge in [0.05, 0.1) is 6.20 Å². The van der Waals surface area contributed by atoms with Crippen LogP contribution in [0.25, 0.3) is 0 Å². The maximum absolute atomic E-state index is 10.5. The number of nitrogens with one attached hydrogen (secondary N) is 1. The molecule has 4 nitrogen and oxygen atoms in total. The summed E-state index contributed by atoms with van der Waals surface area (Å²) >= 11 is 0. The standard InChI is InChI=1S/C7H8N2O2/c1-6(10)11-7-3-2-4-8-9-5-7/h2-5,9H,1H3. The maximum atomic E-state index is 10.5. The first-order valence-corrected chi connectivity index (χ1v) is 3.13. The number of rotatable bonds is 1. The van der Waals surface area contributed by atoms with Crippen molar-refractivity contribution in [3.8, 4) is 0 Å². The molecule has 0 fully saturated rings. The molecule has 0 aromatic carbocycles. The minimum Gasteiger partial charge on any atom is -0.425 e. The zero-order valence-corrected chi connectivity index (χ0v) is 6.07. The average Bonchev–Trinajstić information content (AvgIpc) is 2.14. The second kappa shape index (κ2) is 3.55. The minimum absolute atomic E-state index is 0.343. The van der Waals surface area contributed by atoms with Crippen LogP contribution in [0, 0.1) is 0 Å². The maximum Gasteiger partial charge on any atom is 0.308 e. The first-order chi connectivity index (χ1) is 5.29. The molecule has 0 radical (unpaired) electrons. The van der Waals surface area contributed by atoms with Gasteiger partial charge in [0.2, 0.25) is 0 Å². The van der Waals surface area contributed by atoms with Crippen molar-refractivity contribution >= 4 is 12.2 Å². The van der Waals surface area contributed by atoms with Crippen LogP contribution in [0.1, 0.15) is 6.92 Å². The molecule has 0 aliphatic carbocycles. The number of esters is 1. The van der Waals surface area contributed by atoms with Gasteiger partial charge < -0.3 is 4.74 Å². The van der Waals surface area contributed by atoms with Crippen molar-refractivity contribution in [2.24, 2.45) is 5.10 Å². The third-order valence-corrected chi connectivity index (χ3v) is 0.964. The van der Waals surface area contributed by atoms with Gasteiger partial charge in [-0.15, -0.1) is 0 Å². The Hall–Kier alpha value is -1.58. The van der Waals surface area contributed by atoms with Crippen LogP contribution in [-0.2, 0) is 9.53 Å². The summed E-state index contributed by atoms with van der Waals surface area (Å²) in [5.74, 6) is 0.111. The summed E-state index contributed by atoms with van der Waals surface area (Å²) in [5, 5.41) is 3.70. The lowest BCUT2D eigenvalue weighted by Crippen LogP contribution is -2.00. The van der Waals surface area contributed by atoms with Crippen molar-refractivity contribution < 1.29 is 9.53 Å². The average molecular weight is 152 g/mol. The zero-order valence-electron chi connectivity index (χ0n) is 6.07. The van der Waals surface area contributed by atoms with Crippen LogP contribution in [0.3, 0.4) is 0 Å². The van der Waals surface area contributed by atoms with Gasteiger partial charge in [-0.25, -0.2) is 0 Å². The Bertz CT molecular complexity index is 241. The number of hydrazone groups is 1. The minimum atomic E-state index is -0.343. The van der Waals surface area contributed by atoms with Crippen LogP contribution >= 0.6 is 0 Å². The summed E-state index contributed by atoms with van der Waals surface area (Å²) in [7, 11) is 0. The van der Waals surface area contributed by atoms with Crippen molar-refractivity contribution in [2.45, 2.75) is 6.92 Å². The first-order valence-electron chi connectivity index (χ1n) is 3.13. The summed E-state index contributed by atoms with van der Waals surface area (Å²) in [6.45, 7) is 1.35. The van der Waals surface area contributed by atoms with Gasteiger partial charge >= 0.3 is 5.97 Å². The molecule has 1 aliphatic rings. The third-order valence-electron chi connectivity index (χ3n) is 0.964. The molecule has 0 amide bonds. The number of hydrogen-bond donors (Lipinski definition) is 1. The Morgan fingerprint density at radius 1 is 1.73 bits per heavy atom. The Kier molecular flexibility index (Phi) is 2.43. The van der Waals surface area contributed by atoms with Crippen molar-refractivity contribution in [1.29, 1.82) is 0 Å². The Labute approximate surface area is 64.2 Å². The molecule has 4 heteroatoms. The van der Waals surface area contributed by atoms with E-state index in [0.717, 1.165) is 0 Å². The Morgan fingerprint density at radius 3 is 3.27 bits per heavy atom. The molecular weight excluding hydrogens is 144 g/mol. The van der Waals surface area contributed by atoms with Crippen molar-refractivity contribution in [3.63, 3.8) is 0 Å². The Morgan fingerprint density at radius 2 is 2.55 bits per heavy atom. The number of nitrogens with zero attached hydrogens (tertiary/aromatic N) is 1. The number of ether oxygens (including phenoxy) is 1. The smallest absolute Gasteiger partial charge is 0.308 e. The van der Waals surface area contributed by atoms with Crippen LogP contribution in [-0.4, -0.2) is 12.2 Å². The fourth-order valence-corrected chi connectivity index (χ4v) is 0.602. The van der Waals surface area contributed by atoms with Gasteiger partial charge in [0.15, 0.2) is 0 Å². The van der Waals surface area contributed by atoms with E-state index in [1.807, 2.05) is 0 Å². The van der Waals surface area contributed by atoms with Gasteiger partial charge in [0, 0.05) is 13.1 Å². The van der Waals surface area contributed by atoms with Gasteiger partial charge in [-0.1, -0.05) is 0 Å². The number of carbonyl (C=O) groups excluding carboxylic acids is 1. The molecule has 0 bridgehead atoms. The highest BCUT2D eigenvalue weighted by molar-refractivity contribution is 5.73. The summed E-state index contributed by atoms with van der Waals surface area (Å²) in [6.07, 6.45) is 6.38. The van der Waals surface area contributed by atoms with Crippen LogP contribution in [0.2, 0.25) is 0 Å². The summed E-state index contributed by atoms with van der Waals surface area (Å²) in [4.78, 5) is 10.5. The topological polar surface area (TPSA) is 50.7 Å². The molecule has 0 aromatic rings. The van der Waals surface area contributed by atoms with E-state index in [-0.39, 0.29) is 5.97 Å². The molecular formula is C7H8N2O2. The second-order valence-corrected chi connectivity index (χ2v) is 1.91. The van der Waals surface area contributed by atoms with Crippen molar-refractivity contribution in [2.75, 3.05) is 0 Å². The SMILES string of the molecule is CC(=O)OC1=CNN=CC=C1. The van der Waals surface area contributed by atoms with E-state index >= 15 is 0 Å². The van der Waals surface area contributed by atoms with Crippen molar-refractivity contribution in [3.05, 3.63) is 24.1 Å². The zero-order chi connectivity index (χ0) is 8.10. The Balaban J connectivity index is 2.58. The molecule has 0 aromatic heterocycles. The fraction of sp³-hybridized carbons (Fsp3) is 0.143. The molecule has 58 valence electrons. The van der Waals surface area contributed by atoms with Crippen molar-refractivity contribution in [1.82, 2.24) is 5.43 Å². The van der Waals surface area contributed by atoms with Gasteiger partial charge in [-0.05, 0) is 12.2 Å². The van der Waals surface area contributed by atoms with Crippen LogP contribution in [0.4, 0.5) is 0 Å². The lowest BCUT2D eigenvalue weighted by Gasteiger charge is -1.98. The first kappa shape index (κ1) is 7.53. The van der Waals surface area contributed by atoms with Gasteiger partial charge in [0.25, 0.3) is 0 Å². The van der Waals surface area contributed by atoms with E-state index in [9.17, 15) is 4.79 Å². The van der Waals surface area contributed by atoms with E-state index in [4.69, 9.17) is 4.74 Å². The molecule has 1 heterocycles. The molecule has 1 rings (SSSR count). The van der Waals surface area contributed by atoms with Gasteiger partial charge in [-0.3, -0.25) is 10.2 Å². The highest BCUT2D eigenvalue weighted by Gasteiger charge is 1.97. The second-order valence-electron chi connectivity index (χ2n) is 1.91. The lowest BCUT2D eigenvalue weighted by molar-refractivity contribution is -0.136. The van der Waals surface area contributed by atoms with E-state index in [1.165, 1.54) is 13.1 Å². The van der Waals surface area contributed by atoms with E-state index in [0.29, 0.717) is 5.76 Å². The molecule has 0 saturated heterocycles. The predicted molar refractivity (Wildman–Crippen MR) is 40.6 cm³/mol. The predicted octanol–water partition coefficient (Wildman–Crippen LogP) is 0.536. The van der Waals surface area contributed by atoms with Gasteiger partial charge in [0.1, 0.15) is 5.76 Å². The van der Waals surface area contributed by atoms with E-state index in [1.54, 1.807) is 18.4 Å². The van der Waals surface area contributed by atoms with Gasteiger partial charge in [-0.2, -0.15) is 5.10 Å². The summed E-state index contributed by atoms with van der Waals surface area (Å²) in [6, 6.07) is 0. The fourth-order valence-electron chi connectivity index (χ4n) is 0.602. The molecule has 1 aliphatic heterocycles. The molecule has 0 spiro atoms. The number of hydrogen-bond acceptors (Lipinski definition) is 4. The molecule has 0 unspecified atom stereocenters. The molecule has 11 heavy (non-hydrogen) atoms. The summed E-state index contributed by atoms with van der Waals surface area (Å²) < 4.78 is 4.76. The van der Waals surface area contributed by atoms with Crippen LogP contribution in [0.5, 0.6) is 0 Å². The quantitative estimate of drug-likeness (QED) is 0.558. The summed E-state index contributed by atoms with van der Waals surface area (Å²) in [5.41, 5.74) is 2.57. The van der Waals surface area contributed by atoms with Crippen LogP contribution < -0.4 is 5.43 Å². The number of allylic oxidation sites excluding steroid dienone is 2. The normalized spacial score (nSPS) is 14.8. The molecule has 1 N–H and O–H groups in total. The highest BCUT2D eigenvalue weighted by Crippen LogP contribution is 1.99. The number of carbonyl (C=O) groups is 1. The van der Waals surface area contributed by atoms with Crippen LogP contribution in [0.15, 0.2) is 29.2 Å². The largest absolute Gasteiger partial charge is 0.425 e.